The van der Waals surface area contributed by atoms with E-state index in [0.29, 0.717) is 36.8 Å². The molecule has 0 saturated carbocycles. The van der Waals surface area contributed by atoms with Gasteiger partial charge in [-0.1, -0.05) is 17.9 Å². The highest BCUT2D eigenvalue weighted by Gasteiger charge is 2.26. The van der Waals surface area contributed by atoms with Gasteiger partial charge in [0.15, 0.2) is 11.6 Å². The summed E-state index contributed by atoms with van der Waals surface area (Å²) in [6, 6.07) is 4.28. The van der Waals surface area contributed by atoms with Gasteiger partial charge in [0.2, 0.25) is 11.8 Å². The Bertz CT molecular complexity index is 860. The van der Waals surface area contributed by atoms with Crippen molar-refractivity contribution in [1.29, 1.82) is 0 Å². The van der Waals surface area contributed by atoms with Crippen LogP contribution < -0.4 is 10.1 Å². The number of aromatic nitrogens is 1. The van der Waals surface area contributed by atoms with E-state index < -0.39 is 5.82 Å². The number of carbonyl (C=O) groups is 2. The summed E-state index contributed by atoms with van der Waals surface area (Å²) in [5.74, 6) is -1.03. The van der Waals surface area contributed by atoms with Gasteiger partial charge in [-0.2, -0.15) is 0 Å². The fourth-order valence-electron chi connectivity index (χ4n) is 2.87. The van der Waals surface area contributed by atoms with Crippen molar-refractivity contribution in [1.82, 2.24) is 9.88 Å². The molecular formula is C19H20FN3O3S. The minimum atomic E-state index is -0.577. The van der Waals surface area contributed by atoms with Crippen LogP contribution in [0.25, 0.3) is 0 Å². The van der Waals surface area contributed by atoms with Gasteiger partial charge in [0, 0.05) is 36.1 Å². The molecule has 6 nitrogen and oxygen atoms in total. The van der Waals surface area contributed by atoms with E-state index in [1.807, 2.05) is 12.3 Å². The Balaban J connectivity index is 1.57. The van der Waals surface area contributed by atoms with Crippen LogP contribution in [-0.2, 0) is 9.59 Å². The van der Waals surface area contributed by atoms with Crippen molar-refractivity contribution in [2.45, 2.75) is 19.8 Å². The minimum Gasteiger partial charge on any atom is -0.428 e. The molecule has 1 saturated heterocycles. The third kappa shape index (κ3) is 4.71. The number of benzene rings is 1. The fourth-order valence-corrected chi connectivity index (χ4v) is 3.53. The van der Waals surface area contributed by atoms with E-state index >= 15 is 0 Å². The van der Waals surface area contributed by atoms with Crippen LogP contribution >= 0.6 is 11.3 Å². The summed E-state index contributed by atoms with van der Waals surface area (Å²) in [5, 5.41) is 4.91. The lowest BCUT2D eigenvalue weighted by Crippen LogP contribution is -2.40. The van der Waals surface area contributed by atoms with Crippen molar-refractivity contribution in [3.63, 3.8) is 0 Å². The summed E-state index contributed by atoms with van der Waals surface area (Å²) in [6.45, 7) is 6.32. The highest BCUT2D eigenvalue weighted by atomic mass is 32.1. The molecule has 1 aromatic carbocycles. The summed E-state index contributed by atoms with van der Waals surface area (Å²) < 4.78 is 19.7. The van der Waals surface area contributed by atoms with Crippen LogP contribution in [-0.4, -0.2) is 34.8 Å². The second-order valence-corrected chi connectivity index (χ2v) is 7.12. The number of nitrogens with zero attached hydrogens (tertiary/aromatic N) is 2. The average Bonchev–Trinajstić information content (AvgIpc) is 3.08. The smallest absolute Gasteiger partial charge is 0.278 e. The maximum absolute atomic E-state index is 14.3. The summed E-state index contributed by atoms with van der Waals surface area (Å²) in [6.07, 6.45) is 2.41. The summed E-state index contributed by atoms with van der Waals surface area (Å²) in [7, 11) is 0. The Labute approximate surface area is 160 Å². The lowest BCUT2D eigenvalue weighted by molar-refractivity contribution is -0.130. The second kappa shape index (κ2) is 8.30. The van der Waals surface area contributed by atoms with Crippen LogP contribution in [0.4, 0.5) is 10.1 Å². The van der Waals surface area contributed by atoms with Gasteiger partial charge >= 0.3 is 0 Å². The van der Waals surface area contributed by atoms with Crippen molar-refractivity contribution >= 4 is 28.8 Å². The Kier molecular flexibility index (Phi) is 5.85. The van der Waals surface area contributed by atoms with Crippen LogP contribution in [0.3, 0.4) is 0 Å². The van der Waals surface area contributed by atoms with Crippen molar-refractivity contribution < 1.29 is 18.7 Å². The molecular weight excluding hydrogens is 369 g/mol. The van der Waals surface area contributed by atoms with Gasteiger partial charge in [-0.3, -0.25) is 9.59 Å². The predicted octanol–water partition coefficient (Wildman–Crippen LogP) is 3.75. The molecule has 0 atom stereocenters. The van der Waals surface area contributed by atoms with Crippen LogP contribution in [0.1, 0.15) is 18.5 Å². The van der Waals surface area contributed by atoms with E-state index in [0.717, 1.165) is 5.69 Å². The van der Waals surface area contributed by atoms with Gasteiger partial charge in [-0.05, 0) is 38.0 Å². The Morgan fingerprint density at radius 1 is 1.41 bits per heavy atom. The number of nitrogens with one attached hydrogen (secondary N) is 1. The number of ether oxygens (including phenoxy) is 1. The molecule has 27 heavy (non-hydrogen) atoms. The topological polar surface area (TPSA) is 71.5 Å². The van der Waals surface area contributed by atoms with E-state index in [1.54, 1.807) is 11.0 Å². The fraction of sp³-hybridized carbons (Fsp3) is 0.316. The molecule has 1 fully saturated rings. The number of hydrogen-bond donors (Lipinski definition) is 1. The first kappa shape index (κ1) is 19.0. The van der Waals surface area contributed by atoms with Gasteiger partial charge < -0.3 is 15.0 Å². The molecule has 0 aliphatic carbocycles. The molecule has 0 spiro atoms. The second-order valence-electron chi connectivity index (χ2n) is 6.29. The highest BCUT2D eigenvalue weighted by molar-refractivity contribution is 7.11. The monoisotopic (exact) mass is 389 g/mol. The van der Waals surface area contributed by atoms with E-state index in [-0.39, 0.29) is 23.5 Å². The maximum Gasteiger partial charge on any atom is 0.278 e. The van der Waals surface area contributed by atoms with Crippen LogP contribution in [0.5, 0.6) is 10.9 Å². The van der Waals surface area contributed by atoms with E-state index in [4.69, 9.17) is 4.74 Å². The zero-order valence-corrected chi connectivity index (χ0v) is 15.7. The Morgan fingerprint density at radius 3 is 2.74 bits per heavy atom. The first-order valence-corrected chi connectivity index (χ1v) is 9.46. The number of halogens is 1. The zero-order chi connectivity index (χ0) is 19.4. The first-order chi connectivity index (χ1) is 13.0. The number of thiazole rings is 1. The molecule has 0 radical (unpaired) electrons. The van der Waals surface area contributed by atoms with Crippen molar-refractivity contribution in [2.24, 2.45) is 5.92 Å². The lowest BCUT2D eigenvalue weighted by Gasteiger charge is -2.30. The molecule has 2 heterocycles. The number of amides is 2. The molecule has 1 aliphatic heterocycles. The van der Waals surface area contributed by atoms with E-state index in [2.05, 4.69) is 16.9 Å². The van der Waals surface area contributed by atoms with Crippen LogP contribution in [0.15, 0.2) is 36.2 Å². The van der Waals surface area contributed by atoms with E-state index in [1.165, 1.54) is 29.5 Å². The number of piperidine rings is 1. The third-order valence-electron chi connectivity index (χ3n) is 4.35. The van der Waals surface area contributed by atoms with Gasteiger partial charge in [0.25, 0.3) is 5.19 Å². The van der Waals surface area contributed by atoms with Gasteiger partial charge in [0.1, 0.15) is 0 Å². The van der Waals surface area contributed by atoms with Crippen molar-refractivity contribution in [3.8, 4) is 10.9 Å². The van der Waals surface area contributed by atoms with Gasteiger partial charge in [-0.25, -0.2) is 9.37 Å². The number of hydrogen-bond acceptors (Lipinski definition) is 5. The lowest BCUT2D eigenvalue weighted by atomic mass is 9.95. The number of carbonyl (C=O) groups excluding carboxylic acids is 2. The predicted molar refractivity (Wildman–Crippen MR) is 101 cm³/mol. The molecule has 8 heteroatoms. The minimum absolute atomic E-state index is 0.0543. The highest BCUT2D eigenvalue weighted by Crippen LogP contribution is 2.29. The number of likely N-dealkylation sites (tertiary alicyclic amines) is 1. The molecule has 0 bridgehead atoms. The standard InChI is InChI=1S/C19H20FN3O3S/c1-3-17(24)23-8-6-13(7-9-23)18(25)22-14-4-5-16(15(20)10-14)26-19-21-12(2)11-27-19/h3-5,10-11,13H,1,6-9H2,2H3,(H,22,25). The summed E-state index contributed by atoms with van der Waals surface area (Å²) in [4.78, 5) is 29.8. The van der Waals surface area contributed by atoms with Gasteiger partial charge in [0.05, 0.1) is 5.69 Å². The van der Waals surface area contributed by atoms with Crippen molar-refractivity contribution in [2.75, 3.05) is 18.4 Å². The van der Waals surface area contributed by atoms with E-state index in [9.17, 15) is 14.0 Å². The summed E-state index contributed by atoms with van der Waals surface area (Å²) in [5.41, 5.74) is 1.17. The average molecular weight is 389 g/mol. The molecule has 1 aliphatic rings. The number of rotatable bonds is 5. The molecule has 1 N–H and O–H groups in total. The normalized spacial score (nSPS) is 14.7. The Morgan fingerprint density at radius 2 is 2.15 bits per heavy atom. The molecule has 2 amide bonds. The molecule has 3 rings (SSSR count). The molecule has 142 valence electrons. The Hall–Kier alpha value is -2.74. The van der Waals surface area contributed by atoms with Crippen molar-refractivity contribution in [3.05, 3.63) is 47.7 Å². The van der Waals surface area contributed by atoms with Gasteiger partial charge in [-0.15, -0.1) is 0 Å². The van der Waals surface area contributed by atoms with Crippen LogP contribution in [0.2, 0.25) is 0 Å². The SMILES string of the molecule is C=CC(=O)N1CCC(C(=O)Nc2ccc(Oc3nc(C)cs3)c(F)c2)CC1. The zero-order valence-electron chi connectivity index (χ0n) is 14.9. The molecule has 2 aromatic rings. The third-order valence-corrected chi connectivity index (χ3v) is 5.18. The number of anilines is 1. The molecule has 1 aromatic heterocycles. The molecule has 0 unspecified atom stereocenters. The first-order valence-electron chi connectivity index (χ1n) is 8.58. The maximum atomic E-state index is 14.3. The summed E-state index contributed by atoms with van der Waals surface area (Å²) >= 11 is 1.29. The van der Waals surface area contributed by atoms with Crippen LogP contribution in [0, 0.1) is 18.7 Å². The largest absolute Gasteiger partial charge is 0.428 e. The number of aryl methyl sites for hydroxylation is 1. The quantitative estimate of drug-likeness (QED) is 0.791.